The molecule has 1 aliphatic heterocycles. The van der Waals surface area contributed by atoms with Gasteiger partial charge in [-0.3, -0.25) is 9.59 Å². The minimum atomic E-state index is -0.785. The van der Waals surface area contributed by atoms with Gasteiger partial charge in [-0.05, 0) is 44.9 Å². The lowest BCUT2D eigenvalue weighted by Gasteiger charge is -2.21. The second-order valence-corrected chi connectivity index (χ2v) is 7.27. The first kappa shape index (κ1) is 20.9. The number of esters is 1. The molecular formula is C22H28N2O5. The van der Waals surface area contributed by atoms with Crippen molar-refractivity contribution >= 4 is 22.6 Å². The number of amides is 1. The van der Waals surface area contributed by atoms with Crippen LogP contribution in [0.5, 0.6) is 5.75 Å². The van der Waals surface area contributed by atoms with Crippen LogP contribution in [-0.4, -0.2) is 47.1 Å². The average Bonchev–Trinajstić information content (AvgIpc) is 3.00. The van der Waals surface area contributed by atoms with Crippen molar-refractivity contribution in [3.05, 3.63) is 40.8 Å². The first-order chi connectivity index (χ1) is 14.0. The molecule has 1 aromatic heterocycles. The zero-order valence-corrected chi connectivity index (χ0v) is 17.1. The third-order valence-corrected chi connectivity index (χ3v) is 5.17. The predicted octanol–water partition coefficient (Wildman–Crippen LogP) is 2.73. The van der Waals surface area contributed by atoms with Crippen LogP contribution in [0.3, 0.4) is 0 Å². The smallest absolute Gasteiger partial charge is 0.347 e. The molecule has 1 aliphatic rings. The number of ether oxygens (including phenoxy) is 2. The number of hydrogen-bond donors (Lipinski definition) is 0. The highest BCUT2D eigenvalue weighted by molar-refractivity contribution is 5.88. The predicted molar refractivity (Wildman–Crippen MR) is 110 cm³/mol. The SMILES string of the molecule is CCOC(=O)C(C)Oc1cccc2c(=O)n(CC(=O)N3CCCCCC3)ccc12. The molecule has 156 valence electrons. The topological polar surface area (TPSA) is 77.8 Å². The van der Waals surface area contributed by atoms with Gasteiger partial charge in [0, 0.05) is 24.7 Å². The van der Waals surface area contributed by atoms with Crippen LogP contribution < -0.4 is 10.3 Å². The molecule has 1 fully saturated rings. The van der Waals surface area contributed by atoms with Gasteiger partial charge in [0.1, 0.15) is 12.3 Å². The summed E-state index contributed by atoms with van der Waals surface area (Å²) in [6.07, 6.45) is 5.14. The van der Waals surface area contributed by atoms with Crippen molar-refractivity contribution in [1.29, 1.82) is 0 Å². The van der Waals surface area contributed by atoms with Gasteiger partial charge in [0.2, 0.25) is 5.91 Å². The fourth-order valence-electron chi connectivity index (χ4n) is 3.58. The summed E-state index contributed by atoms with van der Waals surface area (Å²) in [5.41, 5.74) is -0.250. The van der Waals surface area contributed by atoms with Gasteiger partial charge in [-0.2, -0.15) is 0 Å². The Morgan fingerprint density at radius 3 is 2.48 bits per heavy atom. The third kappa shape index (κ3) is 4.96. The van der Waals surface area contributed by atoms with Crippen LogP contribution >= 0.6 is 0 Å². The van der Waals surface area contributed by atoms with Gasteiger partial charge >= 0.3 is 5.97 Å². The summed E-state index contributed by atoms with van der Waals surface area (Å²) in [5, 5.41) is 1.05. The lowest BCUT2D eigenvalue weighted by molar-refractivity contribution is -0.150. The van der Waals surface area contributed by atoms with Gasteiger partial charge in [-0.15, -0.1) is 0 Å². The van der Waals surface area contributed by atoms with Crippen molar-refractivity contribution in [2.75, 3.05) is 19.7 Å². The van der Waals surface area contributed by atoms with Gasteiger partial charge in [-0.25, -0.2) is 4.79 Å². The molecule has 1 amide bonds. The molecule has 0 spiro atoms. The number of hydrogen-bond acceptors (Lipinski definition) is 5. The summed E-state index contributed by atoms with van der Waals surface area (Å²) < 4.78 is 12.1. The van der Waals surface area contributed by atoms with Crippen LogP contribution in [0.4, 0.5) is 0 Å². The number of rotatable bonds is 6. The minimum Gasteiger partial charge on any atom is -0.478 e. The number of carbonyl (C=O) groups excluding carboxylic acids is 2. The van der Waals surface area contributed by atoms with Crippen LogP contribution in [0.2, 0.25) is 0 Å². The van der Waals surface area contributed by atoms with Gasteiger partial charge in [0.15, 0.2) is 6.10 Å². The van der Waals surface area contributed by atoms with E-state index in [4.69, 9.17) is 9.47 Å². The summed E-state index contributed by atoms with van der Waals surface area (Å²) in [6, 6.07) is 6.87. The normalized spacial score (nSPS) is 15.6. The summed E-state index contributed by atoms with van der Waals surface area (Å²) >= 11 is 0. The van der Waals surface area contributed by atoms with Crippen LogP contribution in [0, 0.1) is 0 Å². The molecule has 1 saturated heterocycles. The molecule has 1 aromatic carbocycles. The highest BCUT2D eigenvalue weighted by Crippen LogP contribution is 2.24. The van der Waals surface area contributed by atoms with E-state index in [-0.39, 0.29) is 24.6 Å². The molecular weight excluding hydrogens is 372 g/mol. The lowest BCUT2D eigenvalue weighted by Crippen LogP contribution is -2.37. The molecule has 0 bridgehead atoms. The Kier molecular flexibility index (Phi) is 6.90. The molecule has 7 heteroatoms. The monoisotopic (exact) mass is 400 g/mol. The van der Waals surface area contributed by atoms with E-state index in [0.717, 1.165) is 38.8 Å². The number of aromatic nitrogens is 1. The van der Waals surface area contributed by atoms with Crippen molar-refractivity contribution in [2.24, 2.45) is 0 Å². The maximum atomic E-state index is 12.9. The van der Waals surface area contributed by atoms with Crippen molar-refractivity contribution in [3.8, 4) is 5.75 Å². The Morgan fingerprint density at radius 2 is 1.79 bits per heavy atom. The number of likely N-dealkylation sites (tertiary alicyclic amines) is 1. The van der Waals surface area contributed by atoms with Crippen molar-refractivity contribution in [3.63, 3.8) is 0 Å². The van der Waals surface area contributed by atoms with Crippen molar-refractivity contribution in [1.82, 2.24) is 9.47 Å². The maximum Gasteiger partial charge on any atom is 0.347 e. The molecule has 29 heavy (non-hydrogen) atoms. The van der Waals surface area contributed by atoms with Gasteiger partial charge < -0.3 is 18.9 Å². The van der Waals surface area contributed by atoms with E-state index in [0.29, 0.717) is 16.5 Å². The van der Waals surface area contributed by atoms with E-state index in [1.54, 1.807) is 44.3 Å². The second kappa shape index (κ2) is 9.58. The van der Waals surface area contributed by atoms with E-state index in [1.807, 2.05) is 4.90 Å². The Bertz CT molecular complexity index is 928. The van der Waals surface area contributed by atoms with E-state index in [2.05, 4.69) is 0 Å². The Morgan fingerprint density at radius 1 is 1.07 bits per heavy atom. The second-order valence-electron chi connectivity index (χ2n) is 7.27. The fraction of sp³-hybridized carbons (Fsp3) is 0.500. The molecule has 3 rings (SSSR count). The zero-order chi connectivity index (χ0) is 20.8. The summed E-state index contributed by atoms with van der Waals surface area (Å²) in [6.45, 7) is 5.16. The summed E-state index contributed by atoms with van der Waals surface area (Å²) in [7, 11) is 0. The Hall–Kier alpha value is -2.83. The largest absolute Gasteiger partial charge is 0.478 e. The summed E-state index contributed by atoms with van der Waals surface area (Å²) in [5.74, 6) is -0.0521. The van der Waals surface area contributed by atoms with Gasteiger partial charge in [-0.1, -0.05) is 18.9 Å². The number of fused-ring (bicyclic) bond motifs is 1. The van der Waals surface area contributed by atoms with Crippen LogP contribution in [-0.2, 0) is 20.9 Å². The van der Waals surface area contributed by atoms with Crippen molar-refractivity contribution in [2.45, 2.75) is 52.2 Å². The number of carbonyl (C=O) groups is 2. The molecule has 0 saturated carbocycles. The lowest BCUT2D eigenvalue weighted by atomic mass is 10.1. The molecule has 0 radical (unpaired) electrons. The highest BCUT2D eigenvalue weighted by Gasteiger charge is 2.19. The molecule has 2 aromatic rings. The average molecular weight is 400 g/mol. The Labute approximate surface area is 170 Å². The first-order valence-corrected chi connectivity index (χ1v) is 10.2. The van der Waals surface area contributed by atoms with Crippen LogP contribution in [0.15, 0.2) is 35.3 Å². The zero-order valence-electron chi connectivity index (χ0n) is 17.1. The minimum absolute atomic E-state index is 0.0269. The van der Waals surface area contributed by atoms with E-state index >= 15 is 0 Å². The van der Waals surface area contributed by atoms with Gasteiger partial charge in [0.05, 0.1) is 12.0 Å². The quantitative estimate of drug-likeness (QED) is 0.697. The first-order valence-electron chi connectivity index (χ1n) is 10.2. The number of pyridine rings is 1. The maximum absolute atomic E-state index is 12.9. The molecule has 7 nitrogen and oxygen atoms in total. The van der Waals surface area contributed by atoms with Crippen LogP contribution in [0.1, 0.15) is 39.5 Å². The summed E-state index contributed by atoms with van der Waals surface area (Å²) in [4.78, 5) is 39.3. The number of nitrogens with zero attached hydrogens (tertiary/aromatic N) is 2. The highest BCUT2D eigenvalue weighted by atomic mass is 16.6. The Balaban J connectivity index is 1.82. The molecule has 1 unspecified atom stereocenters. The molecule has 0 aliphatic carbocycles. The molecule has 1 atom stereocenters. The van der Waals surface area contributed by atoms with E-state index < -0.39 is 12.1 Å². The van der Waals surface area contributed by atoms with Crippen molar-refractivity contribution < 1.29 is 19.1 Å². The standard InChI is InChI=1S/C22H28N2O5/c1-3-28-22(27)16(2)29-19-10-8-9-18-17(19)11-14-24(21(18)26)15-20(25)23-12-6-4-5-7-13-23/h8-11,14,16H,3-7,12-13,15H2,1-2H3. The number of benzene rings is 1. The third-order valence-electron chi connectivity index (χ3n) is 5.17. The fourth-order valence-corrected chi connectivity index (χ4v) is 3.58. The van der Waals surface area contributed by atoms with E-state index in [1.165, 1.54) is 4.57 Å². The molecule has 0 N–H and O–H groups in total. The molecule has 2 heterocycles. The van der Waals surface area contributed by atoms with Crippen LogP contribution in [0.25, 0.3) is 10.8 Å². The van der Waals surface area contributed by atoms with Gasteiger partial charge in [0.25, 0.3) is 5.56 Å². The van der Waals surface area contributed by atoms with E-state index in [9.17, 15) is 14.4 Å².